The van der Waals surface area contributed by atoms with Gasteiger partial charge in [0.05, 0.1) is 20.6 Å². The molecule has 0 saturated heterocycles. The second kappa shape index (κ2) is 10.9. The highest BCUT2D eigenvalue weighted by Gasteiger charge is 2.80. The van der Waals surface area contributed by atoms with Gasteiger partial charge in [0, 0.05) is 11.6 Å². The van der Waals surface area contributed by atoms with E-state index in [4.69, 9.17) is 63.7 Å². The first-order valence-electron chi connectivity index (χ1n) is 10.9. The molecule has 1 aliphatic rings. The topological polar surface area (TPSA) is 101 Å². The molecule has 0 spiro atoms. The van der Waals surface area contributed by atoms with Gasteiger partial charge in [0.2, 0.25) is 5.91 Å². The van der Waals surface area contributed by atoms with Gasteiger partial charge in [-0.2, -0.15) is 8.78 Å². The van der Waals surface area contributed by atoms with E-state index < -0.39 is 62.8 Å². The standard InChI is InChI=1S/C25H14Cl5F4N3O3/c26-13-4-2-10(24(23(35)40)19(25(24,29)30)9-1-3-14(27)15(28)5-9)6-12(13)21(38)36-11-7-16(31)18(17(32)8-11)37-22(39)20(33)34/h1-8,19-20H,(H2,35,40)(H,36,38)(H,37,39). The Hall–Kier alpha value is -2.76. The van der Waals surface area contributed by atoms with Crippen molar-refractivity contribution < 1.29 is 31.9 Å². The summed E-state index contributed by atoms with van der Waals surface area (Å²) >= 11 is 31.5. The van der Waals surface area contributed by atoms with E-state index >= 15 is 0 Å². The van der Waals surface area contributed by atoms with Crippen LogP contribution in [0.25, 0.3) is 0 Å². The largest absolute Gasteiger partial charge is 0.369 e. The Labute approximate surface area is 248 Å². The number of carbonyl (C=O) groups excluding carboxylic acids is 3. The van der Waals surface area contributed by atoms with E-state index in [1.54, 1.807) is 6.07 Å². The van der Waals surface area contributed by atoms with E-state index in [9.17, 15) is 31.9 Å². The number of hydrogen-bond acceptors (Lipinski definition) is 3. The molecule has 210 valence electrons. The smallest absolute Gasteiger partial charge is 0.315 e. The number of benzene rings is 3. The summed E-state index contributed by atoms with van der Waals surface area (Å²) in [5.74, 6) is -7.60. The van der Waals surface area contributed by atoms with Crippen molar-refractivity contribution in [2.45, 2.75) is 22.1 Å². The van der Waals surface area contributed by atoms with Crippen LogP contribution in [0, 0.1) is 11.6 Å². The molecule has 6 nitrogen and oxygen atoms in total. The van der Waals surface area contributed by atoms with Gasteiger partial charge in [-0.15, -0.1) is 0 Å². The third-order valence-electron chi connectivity index (χ3n) is 6.32. The van der Waals surface area contributed by atoms with E-state index in [0.29, 0.717) is 17.7 Å². The summed E-state index contributed by atoms with van der Waals surface area (Å²) in [4.78, 5) is 37.0. The number of nitrogens with one attached hydrogen (secondary N) is 2. The van der Waals surface area contributed by atoms with Crippen molar-refractivity contribution in [1.29, 1.82) is 0 Å². The Bertz CT molecular complexity index is 1550. The van der Waals surface area contributed by atoms with E-state index in [0.717, 1.165) is 0 Å². The Balaban J connectivity index is 1.69. The fourth-order valence-corrected chi connectivity index (χ4v) is 6.05. The number of carbonyl (C=O) groups is 3. The summed E-state index contributed by atoms with van der Waals surface area (Å²) < 4.78 is 51.8. The van der Waals surface area contributed by atoms with Gasteiger partial charge in [0.1, 0.15) is 15.4 Å². The average molecular weight is 658 g/mol. The van der Waals surface area contributed by atoms with Gasteiger partial charge in [-0.3, -0.25) is 14.4 Å². The molecular formula is C25H14Cl5F4N3O3. The predicted molar refractivity (Wildman–Crippen MR) is 145 cm³/mol. The number of amides is 3. The van der Waals surface area contributed by atoms with Gasteiger partial charge in [-0.05, 0) is 47.5 Å². The fourth-order valence-electron chi connectivity index (χ4n) is 4.45. The van der Waals surface area contributed by atoms with Crippen LogP contribution in [0.2, 0.25) is 15.1 Å². The first-order valence-corrected chi connectivity index (χ1v) is 12.8. The van der Waals surface area contributed by atoms with Crippen LogP contribution in [0.5, 0.6) is 0 Å². The highest BCUT2D eigenvalue weighted by molar-refractivity contribution is 6.55. The van der Waals surface area contributed by atoms with Crippen LogP contribution in [0.1, 0.15) is 27.4 Å². The van der Waals surface area contributed by atoms with Crippen LogP contribution in [0.3, 0.4) is 0 Å². The normalized spacial score (nSPS) is 19.3. The Morgan fingerprint density at radius 3 is 2.00 bits per heavy atom. The van der Waals surface area contributed by atoms with Gasteiger partial charge < -0.3 is 16.4 Å². The SMILES string of the molecule is NC(=O)C1(c2ccc(Cl)c(C(=O)Nc3cc(F)c(NC(=O)C(F)F)c(F)c3)c2)C(c2ccc(Cl)c(Cl)c2)C1(Cl)Cl. The third-order valence-corrected chi connectivity index (χ3v) is 8.42. The van der Waals surface area contributed by atoms with Crippen molar-refractivity contribution in [2.24, 2.45) is 5.73 Å². The van der Waals surface area contributed by atoms with Crippen LogP contribution in [0.15, 0.2) is 48.5 Å². The number of halogens is 9. The van der Waals surface area contributed by atoms with Crippen LogP contribution in [-0.2, 0) is 15.0 Å². The number of hydrogen-bond donors (Lipinski definition) is 3. The van der Waals surface area contributed by atoms with Crippen LogP contribution < -0.4 is 16.4 Å². The molecule has 2 unspecified atom stereocenters. The van der Waals surface area contributed by atoms with Gasteiger partial charge >= 0.3 is 6.43 Å². The van der Waals surface area contributed by atoms with Crippen LogP contribution in [-0.4, -0.2) is 28.5 Å². The molecule has 3 amide bonds. The lowest BCUT2D eigenvalue weighted by Crippen LogP contribution is -2.34. The minimum atomic E-state index is -3.52. The van der Waals surface area contributed by atoms with E-state index in [1.807, 2.05) is 0 Å². The maximum absolute atomic E-state index is 14.4. The molecule has 3 aromatic rings. The van der Waals surface area contributed by atoms with Crippen molar-refractivity contribution in [3.8, 4) is 0 Å². The maximum atomic E-state index is 14.4. The molecule has 0 aliphatic heterocycles. The molecule has 0 heterocycles. The van der Waals surface area contributed by atoms with Crippen molar-refractivity contribution in [3.05, 3.63) is 91.9 Å². The molecular weight excluding hydrogens is 644 g/mol. The van der Waals surface area contributed by atoms with Gasteiger partial charge in [-0.25, -0.2) is 8.78 Å². The monoisotopic (exact) mass is 655 g/mol. The van der Waals surface area contributed by atoms with Gasteiger partial charge in [-0.1, -0.05) is 70.1 Å². The number of rotatable bonds is 7. The summed E-state index contributed by atoms with van der Waals surface area (Å²) in [5.41, 5.74) is 2.75. The molecule has 3 aromatic carbocycles. The zero-order valence-electron chi connectivity index (χ0n) is 19.5. The van der Waals surface area contributed by atoms with Crippen molar-refractivity contribution in [2.75, 3.05) is 10.6 Å². The molecule has 40 heavy (non-hydrogen) atoms. The second-order valence-electron chi connectivity index (χ2n) is 8.66. The quantitative estimate of drug-likeness (QED) is 0.187. The Kier molecular flexibility index (Phi) is 8.23. The Morgan fingerprint density at radius 1 is 0.850 bits per heavy atom. The number of anilines is 2. The molecule has 4 N–H and O–H groups in total. The zero-order valence-corrected chi connectivity index (χ0v) is 23.3. The molecule has 1 saturated carbocycles. The van der Waals surface area contributed by atoms with Crippen molar-refractivity contribution in [1.82, 2.24) is 0 Å². The van der Waals surface area contributed by atoms with E-state index in [1.165, 1.54) is 35.6 Å². The molecule has 0 bridgehead atoms. The Morgan fingerprint density at radius 2 is 1.45 bits per heavy atom. The lowest BCUT2D eigenvalue weighted by molar-refractivity contribution is -0.126. The third kappa shape index (κ3) is 5.07. The fraction of sp³-hybridized carbons (Fsp3) is 0.160. The van der Waals surface area contributed by atoms with E-state index in [-0.39, 0.29) is 26.2 Å². The van der Waals surface area contributed by atoms with Gasteiger partial charge in [0.15, 0.2) is 11.6 Å². The highest BCUT2D eigenvalue weighted by atomic mass is 35.5. The second-order valence-corrected chi connectivity index (χ2v) is 11.3. The molecule has 1 aliphatic carbocycles. The number of nitrogens with two attached hydrogens (primary N) is 1. The van der Waals surface area contributed by atoms with Gasteiger partial charge in [0.25, 0.3) is 11.8 Å². The highest BCUT2D eigenvalue weighted by Crippen LogP contribution is 2.74. The lowest BCUT2D eigenvalue weighted by Gasteiger charge is -2.17. The summed E-state index contributed by atoms with van der Waals surface area (Å²) in [6.07, 6.45) is -3.52. The van der Waals surface area contributed by atoms with Crippen molar-refractivity contribution in [3.63, 3.8) is 0 Å². The molecule has 0 radical (unpaired) electrons. The van der Waals surface area contributed by atoms with E-state index in [2.05, 4.69) is 5.32 Å². The predicted octanol–water partition coefficient (Wildman–Crippen LogP) is 7.08. The average Bonchev–Trinajstić information content (AvgIpc) is 3.40. The minimum Gasteiger partial charge on any atom is -0.369 e. The van der Waals surface area contributed by atoms with Crippen molar-refractivity contribution >= 4 is 87.1 Å². The molecule has 1 fully saturated rings. The summed E-state index contributed by atoms with van der Waals surface area (Å²) in [5, 5.41) is 3.92. The molecule has 2 atom stereocenters. The minimum absolute atomic E-state index is 0.109. The first kappa shape index (κ1) is 30.2. The maximum Gasteiger partial charge on any atom is 0.315 e. The zero-order chi connectivity index (χ0) is 29.7. The molecule has 0 aromatic heterocycles. The summed E-state index contributed by atoms with van der Waals surface area (Å²) in [6, 6.07) is 9.56. The summed E-state index contributed by atoms with van der Waals surface area (Å²) in [7, 11) is 0. The lowest BCUT2D eigenvalue weighted by atomic mass is 9.88. The van der Waals surface area contributed by atoms with Crippen LogP contribution >= 0.6 is 58.0 Å². The number of alkyl halides is 4. The molecule has 15 heteroatoms. The van der Waals surface area contributed by atoms with Crippen LogP contribution in [0.4, 0.5) is 28.9 Å². The molecule has 4 rings (SSSR count). The number of primary amides is 1. The first-order chi connectivity index (χ1) is 18.6. The summed E-state index contributed by atoms with van der Waals surface area (Å²) in [6.45, 7) is 0.